The number of nitrogens with zero attached hydrogens (tertiary/aromatic N) is 7. The number of morpholine rings is 2. The Labute approximate surface area is 461 Å². The molecule has 0 spiro atoms. The minimum Gasteiger partial charge on any atom is -0.381 e. The number of benzene rings is 1. The van der Waals surface area contributed by atoms with Gasteiger partial charge in [0.15, 0.2) is 0 Å². The van der Waals surface area contributed by atoms with E-state index in [0.29, 0.717) is 85.5 Å². The van der Waals surface area contributed by atoms with E-state index >= 15 is 4.79 Å². The number of hydrazine groups is 1. The summed E-state index contributed by atoms with van der Waals surface area (Å²) in [6.07, 6.45) is 4.36. The number of hydrogen-bond acceptors (Lipinski definition) is 17. The average molecular weight is 1090 g/mol. The lowest BCUT2D eigenvalue weighted by atomic mass is 9.75. The SMILES string of the molecule is CO[C@@H](C)c1ncc(C#CCN2CCOCC2)cc1-c1c2c3cc(ccc3n1CCOC1CCOCC1)-c1csc(n1)[C@@H](CN1CCOCC1)[C@H](CNC(=O)[C@H]1OC[C@@H]1C)C(=O)N1N[C@@H](C3CC1C3)N1OC1OCC(C)(C)C2. The van der Waals surface area contributed by atoms with Gasteiger partial charge in [0, 0.05) is 123 Å². The molecule has 11 heterocycles. The lowest BCUT2D eigenvalue weighted by Crippen LogP contribution is -2.70. The molecule has 9 aliphatic rings. The van der Waals surface area contributed by atoms with Crippen LogP contribution in [0, 0.1) is 35.0 Å². The highest BCUT2D eigenvalue weighted by molar-refractivity contribution is 7.10. The molecule has 2 unspecified atom stereocenters. The van der Waals surface area contributed by atoms with E-state index in [1.807, 2.05) is 23.2 Å². The number of rotatable bonds is 13. The van der Waals surface area contributed by atoms with Gasteiger partial charge in [0.25, 0.3) is 6.41 Å². The van der Waals surface area contributed by atoms with Gasteiger partial charge in [-0.25, -0.2) is 15.2 Å². The van der Waals surface area contributed by atoms with Crippen LogP contribution >= 0.6 is 11.3 Å². The molecule has 78 heavy (non-hydrogen) atoms. The maximum Gasteiger partial charge on any atom is 0.260 e. The zero-order chi connectivity index (χ0) is 53.5. The second-order valence-corrected chi connectivity index (χ2v) is 24.3. The van der Waals surface area contributed by atoms with Crippen molar-refractivity contribution in [1.82, 2.24) is 45.1 Å². The van der Waals surface area contributed by atoms with Crippen molar-refractivity contribution in [1.29, 1.82) is 0 Å². The molecule has 4 aromatic rings. The van der Waals surface area contributed by atoms with Crippen LogP contribution in [0.15, 0.2) is 35.8 Å². The van der Waals surface area contributed by atoms with E-state index in [1.165, 1.54) is 0 Å². The minimum absolute atomic E-state index is 0.0236. The van der Waals surface area contributed by atoms with Crippen LogP contribution in [0.1, 0.15) is 87.2 Å². The van der Waals surface area contributed by atoms with E-state index in [-0.39, 0.29) is 60.5 Å². The molecule has 8 bridgehead atoms. The van der Waals surface area contributed by atoms with E-state index in [1.54, 1.807) is 18.4 Å². The van der Waals surface area contributed by atoms with Crippen LogP contribution in [0.4, 0.5) is 0 Å². The van der Waals surface area contributed by atoms with Gasteiger partial charge in [-0.1, -0.05) is 38.7 Å². The smallest absolute Gasteiger partial charge is 0.260 e. The van der Waals surface area contributed by atoms with Gasteiger partial charge < -0.3 is 43.0 Å². The molecule has 1 saturated carbocycles. The Morgan fingerprint density at radius 2 is 1.77 bits per heavy atom. The number of carbonyl (C=O) groups excluding carboxylic acids is 2. The van der Waals surface area contributed by atoms with Crippen LogP contribution in [0.25, 0.3) is 33.4 Å². The molecular weight excluding hydrogens is 1010 g/mol. The summed E-state index contributed by atoms with van der Waals surface area (Å²) in [6, 6.07) is 8.93. The first-order valence-electron chi connectivity index (χ1n) is 28.5. The van der Waals surface area contributed by atoms with Crippen LogP contribution < -0.4 is 10.7 Å². The van der Waals surface area contributed by atoms with Crippen molar-refractivity contribution in [3.8, 4) is 34.4 Å². The van der Waals surface area contributed by atoms with E-state index in [4.69, 9.17) is 48.0 Å². The first-order valence-corrected chi connectivity index (χ1v) is 29.3. The molecule has 2 amide bonds. The number of amides is 2. The molecular formula is C58H77N9O10S. The predicted molar refractivity (Wildman–Crippen MR) is 291 cm³/mol. The fourth-order valence-corrected chi connectivity index (χ4v) is 13.4. The highest BCUT2D eigenvalue weighted by atomic mass is 32.1. The lowest BCUT2D eigenvalue weighted by molar-refractivity contribution is -0.169. The highest BCUT2D eigenvalue weighted by Crippen LogP contribution is 2.47. The summed E-state index contributed by atoms with van der Waals surface area (Å²) in [5.41, 5.74) is 10.9. The lowest BCUT2D eigenvalue weighted by Gasteiger charge is -2.54. The van der Waals surface area contributed by atoms with Gasteiger partial charge in [0.05, 0.1) is 93.0 Å². The van der Waals surface area contributed by atoms with Gasteiger partial charge in [-0.3, -0.25) is 29.4 Å². The number of methoxy groups -OCH3 is 1. The molecule has 2 N–H and O–H groups in total. The maximum absolute atomic E-state index is 15.5. The summed E-state index contributed by atoms with van der Waals surface area (Å²) in [4.78, 5) is 50.9. The van der Waals surface area contributed by atoms with Gasteiger partial charge in [-0.15, -0.1) is 16.4 Å². The number of pyridine rings is 1. The van der Waals surface area contributed by atoms with Gasteiger partial charge in [-0.2, -0.15) is 0 Å². The fourth-order valence-electron chi connectivity index (χ4n) is 12.4. The van der Waals surface area contributed by atoms with Crippen molar-refractivity contribution in [3.05, 3.63) is 57.7 Å². The Morgan fingerprint density at radius 1 is 1.00 bits per heavy atom. The summed E-state index contributed by atoms with van der Waals surface area (Å²) < 4.78 is 44.8. The topological polar surface area (TPSA) is 179 Å². The summed E-state index contributed by atoms with van der Waals surface area (Å²) in [7, 11) is 1.73. The summed E-state index contributed by atoms with van der Waals surface area (Å²) >= 11 is 1.58. The maximum atomic E-state index is 15.5. The first kappa shape index (κ1) is 54.2. The van der Waals surface area contributed by atoms with Crippen LogP contribution in [0.2, 0.25) is 0 Å². The third-order valence-corrected chi connectivity index (χ3v) is 18.2. The Bertz CT molecular complexity index is 2840. The Balaban J connectivity index is 0.988. The van der Waals surface area contributed by atoms with Gasteiger partial charge in [0.2, 0.25) is 11.8 Å². The van der Waals surface area contributed by atoms with Crippen LogP contribution in [0.3, 0.4) is 0 Å². The molecule has 19 nitrogen and oxygen atoms in total. The van der Waals surface area contributed by atoms with E-state index in [9.17, 15) is 4.79 Å². The Kier molecular flexibility index (Phi) is 16.4. The van der Waals surface area contributed by atoms with Gasteiger partial charge in [-0.05, 0) is 74.1 Å². The van der Waals surface area contributed by atoms with Crippen LogP contribution in [-0.4, -0.2) is 189 Å². The Morgan fingerprint density at radius 3 is 2.51 bits per heavy atom. The molecule has 420 valence electrons. The highest BCUT2D eigenvalue weighted by Gasteiger charge is 2.57. The number of thiazole rings is 1. The monoisotopic (exact) mass is 1090 g/mol. The summed E-state index contributed by atoms with van der Waals surface area (Å²) in [6.45, 7) is 19.2. The van der Waals surface area contributed by atoms with Crippen molar-refractivity contribution >= 4 is 34.1 Å². The quantitative estimate of drug-likeness (QED) is 0.132. The van der Waals surface area contributed by atoms with Gasteiger partial charge in [0.1, 0.15) is 12.3 Å². The van der Waals surface area contributed by atoms with Gasteiger partial charge >= 0.3 is 0 Å². The zero-order valence-corrected chi connectivity index (χ0v) is 46.7. The van der Waals surface area contributed by atoms with E-state index in [0.717, 1.165) is 107 Å². The number of hydroxylamine groups is 2. The van der Waals surface area contributed by atoms with E-state index < -0.39 is 23.9 Å². The molecule has 3 aromatic heterocycles. The normalized spacial score (nSPS) is 30.0. The predicted octanol–water partition coefficient (Wildman–Crippen LogP) is 5.18. The zero-order valence-electron chi connectivity index (χ0n) is 45.9. The fraction of sp³-hybridized carbons (Fsp3) is 0.655. The molecule has 1 aromatic carbocycles. The Hall–Kier alpha value is -4.44. The average Bonchev–Trinajstić information content (AvgIpc) is 4.19. The number of fused-ring (bicyclic) bond motifs is 5. The first-order chi connectivity index (χ1) is 38.0. The third-order valence-electron chi connectivity index (χ3n) is 17.3. The molecule has 20 heteroatoms. The molecule has 1 aliphatic carbocycles. The van der Waals surface area contributed by atoms with Crippen LogP contribution in [-0.2, 0) is 60.6 Å². The molecule has 13 rings (SSSR count). The van der Waals surface area contributed by atoms with Crippen molar-refractivity contribution in [3.63, 3.8) is 0 Å². The van der Waals surface area contributed by atoms with E-state index in [2.05, 4.69) is 87.4 Å². The second-order valence-electron chi connectivity index (χ2n) is 23.4. The number of ether oxygens (including phenoxy) is 7. The molecule has 0 radical (unpaired) electrons. The molecule has 8 fully saturated rings. The molecule has 8 aliphatic heterocycles. The number of hydrogen-bond donors (Lipinski definition) is 2. The van der Waals surface area contributed by atoms with Crippen LogP contribution in [0.5, 0.6) is 0 Å². The van der Waals surface area contributed by atoms with Crippen molar-refractivity contribution in [2.75, 3.05) is 112 Å². The van der Waals surface area contributed by atoms with Crippen molar-refractivity contribution in [2.24, 2.45) is 23.2 Å². The van der Waals surface area contributed by atoms with Crippen molar-refractivity contribution < 1.29 is 47.6 Å². The summed E-state index contributed by atoms with van der Waals surface area (Å²) in [5.74, 6) is 6.06. The summed E-state index contributed by atoms with van der Waals surface area (Å²) in [5, 5.41) is 11.0. The molecule has 7 saturated heterocycles. The standard InChI is InChI=1S/C58H77N9O10S/c1-36-33-75-52(36)54(68)60-31-46-47(32-64-15-22-73-23-16-64)55-61-48(34-78-55)39-8-9-49-43(28-39)45(29-58(3,4)35-76-57-67(77-57)53-40-26-41(27-40)66(62-53)56(46)69)51(65(49)17-24-74-42-10-18-71-19-11-42)44-25-38(30-59-50(44)37(2)70-5)7-6-12-63-13-20-72-21-14-63/h8-9,25,28,30,34,36-37,40-42,46-47,52-53,57,62H,10-24,26-27,29,31-33,35H2,1-5H3,(H,60,68)/t36-,37-,40?,41?,46-,47-,52-,53+,57?,67?/m0/s1. The largest absolute Gasteiger partial charge is 0.381 e. The number of aromatic nitrogens is 3. The molecule has 8 atom stereocenters. The minimum atomic E-state index is -0.646. The van der Waals surface area contributed by atoms with Crippen molar-refractivity contribution in [2.45, 2.75) is 109 Å². The number of nitrogens with one attached hydrogen (secondary N) is 2. The number of carbonyl (C=O) groups is 2. The third kappa shape index (κ3) is 11.6. The second kappa shape index (κ2) is 23.6.